The lowest BCUT2D eigenvalue weighted by Gasteiger charge is -2.05. The molecule has 0 spiro atoms. The summed E-state index contributed by atoms with van der Waals surface area (Å²) in [6, 6.07) is 6.44. The molecule has 0 aliphatic heterocycles. The molecule has 92 valence electrons. The molecule has 2 aromatic rings. The van der Waals surface area contributed by atoms with Gasteiger partial charge in [-0.1, -0.05) is 35.5 Å². The van der Waals surface area contributed by atoms with Gasteiger partial charge in [-0.15, -0.1) is 0 Å². The van der Waals surface area contributed by atoms with Crippen molar-refractivity contribution in [3.63, 3.8) is 0 Å². The highest BCUT2D eigenvalue weighted by Crippen LogP contribution is 2.31. The summed E-state index contributed by atoms with van der Waals surface area (Å²) in [5.41, 5.74) is -0.317. The lowest BCUT2D eigenvalue weighted by atomic mass is 10.2. The minimum atomic E-state index is -1.04. The van der Waals surface area contributed by atoms with Crippen LogP contribution in [0.5, 0.6) is 0 Å². The van der Waals surface area contributed by atoms with Crippen LogP contribution < -0.4 is 5.56 Å². The van der Waals surface area contributed by atoms with E-state index in [1.54, 1.807) is 18.2 Å². The molecule has 0 atom stereocenters. The Labute approximate surface area is 111 Å². The van der Waals surface area contributed by atoms with Crippen molar-refractivity contribution < 1.29 is 9.90 Å². The summed E-state index contributed by atoms with van der Waals surface area (Å²) < 4.78 is 0. The number of aromatic amines is 1. The fraction of sp³-hybridized carbons (Fsp3) is 0. The monoisotopic (exact) mass is 282 g/mol. The number of nitrogens with zero attached hydrogens (tertiary/aromatic N) is 1. The van der Waals surface area contributed by atoms with Gasteiger partial charge < -0.3 is 10.1 Å². The highest BCUT2D eigenvalue weighted by atomic mass is 35.5. The van der Waals surface area contributed by atoms with E-state index in [0.29, 0.717) is 4.90 Å². The molecule has 0 unspecified atom stereocenters. The number of carboxylic acid groups (broad SMARTS) is 1. The molecule has 0 radical (unpaired) electrons. The predicted octanol–water partition coefficient (Wildman–Crippen LogP) is 2.27. The van der Waals surface area contributed by atoms with E-state index in [1.807, 2.05) is 0 Å². The van der Waals surface area contributed by atoms with E-state index in [1.165, 1.54) is 12.4 Å². The molecule has 1 aromatic carbocycles. The smallest absolute Gasteiger partial charge is 0.336 e. The normalized spacial score (nSPS) is 10.3. The van der Waals surface area contributed by atoms with E-state index in [4.69, 9.17) is 16.7 Å². The maximum absolute atomic E-state index is 11.3. The Hall–Kier alpha value is -1.79. The number of nitrogens with one attached hydrogen (secondary N) is 1. The second-order valence-corrected chi connectivity index (χ2v) is 4.66. The van der Waals surface area contributed by atoms with Gasteiger partial charge in [-0.05, 0) is 12.1 Å². The van der Waals surface area contributed by atoms with Crippen molar-refractivity contribution in [2.45, 2.75) is 9.92 Å². The molecule has 0 bridgehead atoms. The highest BCUT2D eigenvalue weighted by Gasteiger charge is 2.13. The Kier molecular flexibility index (Phi) is 3.69. The quantitative estimate of drug-likeness (QED) is 0.844. The summed E-state index contributed by atoms with van der Waals surface area (Å²) in [7, 11) is 0. The minimum Gasteiger partial charge on any atom is -0.478 e. The zero-order valence-corrected chi connectivity index (χ0v) is 10.5. The molecule has 7 heteroatoms. The molecule has 0 saturated carbocycles. The van der Waals surface area contributed by atoms with E-state index < -0.39 is 11.5 Å². The van der Waals surface area contributed by atoms with Crippen LogP contribution in [0, 0.1) is 0 Å². The fourth-order valence-electron chi connectivity index (χ4n) is 1.27. The fourth-order valence-corrected chi connectivity index (χ4v) is 2.40. The number of carbonyl (C=O) groups is 1. The van der Waals surface area contributed by atoms with Gasteiger partial charge in [0.1, 0.15) is 10.0 Å². The predicted molar refractivity (Wildman–Crippen MR) is 67.4 cm³/mol. The zero-order valence-electron chi connectivity index (χ0n) is 8.88. The van der Waals surface area contributed by atoms with Crippen LogP contribution in [0.25, 0.3) is 0 Å². The summed E-state index contributed by atoms with van der Waals surface area (Å²) >= 11 is 6.84. The largest absolute Gasteiger partial charge is 0.478 e. The van der Waals surface area contributed by atoms with Gasteiger partial charge in [-0.2, -0.15) is 0 Å². The summed E-state index contributed by atoms with van der Waals surface area (Å²) in [5.74, 6) is -1.04. The maximum atomic E-state index is 11.3. The van der Waals surface area contributed by atoms with Crippen LogP contribution in [0.4, 0.5) is 0 Å². The molecule has 1 heterocycles. The van der Waals surface area contributed by atoms with E-state index in [0.717, 1.165) is 11.8 Å². The van der Waals surface area contributed by atoms with Crippen molar-refractivity contribution in [3.8, 4) is 0 Å². The number of hydrogen-bond acceptors (Lipinski definition) is 4. The summed E-state index contributed by atoms with van der Waals surface area (Å²) in [6.45, 7) is 0. The SMILES string of the molecule is O=C(O)c1ccccc1Sc1nc[nH]c(=O)c1Cl. The Morgan fingerprint density at radius 1 is 1.39 bits per heavy atom. The lowest BCUT2D eigenvalue weighted by Crippen LogP contribution is -2.07. The third-order valence-electron chi connectivity index (χ3n) is 2.09. The number of hydrogen-bond donors (Lipinski definition) is 2. The van der Waals surface area contributed by atoms with E-state index >= 15 is 0 Å². The third kappa shape index (κ3) is 2.55. The van der Waals surface area contributed by atoms with Crippen LogP contribution in [-0.2, 0) is 0 Å². The standard InChI is InChI=1S/C11H7ClN2O3S/c12-8-9(15)13-5-14-10(8)18-7-4-2-1-3-6(7)11(16)17/h1-5H,(H,16,17)(H,13,14,15). The Morgan fingerprint density at radius 2 is 2.11 bits per heavy atom. The molecule has 18 heavy (non-hydrogen) atoms. The highest BCUT2D eigenvalue weighted by molar-refractivity contribution is 7.99. The first kappa shape index (κ1) is 12.7. The van der Waals surface area contributed by atoms with Crippen molar-refractivity contribution in [1.29, 1.82) is 0 Å². The zero-order chi connectivity index (χ0) is 13.1. The summed E-state index contributed by atoms with van der Waals surface area (Å²) in [4.78, 5) is 29.0. The second kappa shape index (κ2) is 5.24. The van der Waals surface area contributed by atoms with Gasteiger partial charge in [-0.3, -0.25) is 4.79 Å². The average Bonchev–Trinajstić information content (AvgIpc) is 2.35. The molecule has 2 rings (SSSR count). The topological polar surface area (TPSA) is 83.0 Å². The maximum Gasteiger partial charge on any atom is 0.336 e. The number of halogens is 1. The van der Waals surface area contributed by atoms with Crippen molar-refractivity contribution in [2.24, 2.45) is 0 Å². The number of carboxylic acids is 1. The molecule has 0 aliphatic rings. The molecular formula is C11H7ClN2O3S. The number of benzene rings is 1. The average molecular weight is 283 g/mol. The van der Waals surface area contributed by atoms with Crippen LogP contribution in [0.3, 0.4) is 0 Å². The van der Waals surface area contributed by atoms with Crippen LogP contribution in [0.15, 0.2) is 45.3 Å². The Bertz CT molecular complexity index is 657. The second-order valence-electron chi connectivity index (χ2n) is 3.25. The van der Waals surface area contributed by atoms with Crippen molar-refractivity contribution in [1.82, 2.24) is 9.97 Å². The van der Waals surface area contributed by atoms with Gasteiger partial charge >= 0.3 is 5.97 Å². The van der Waals surface area contributed by atoms with Gasteiger partial charge in [0.15, 0.2) is 0 Å². The van der Waals surface area contributed by atoms with Gasteiger partial charge in [0.25, 0.3) is 5.56 Å². The lowest BCUT2D eigenvalue weighted by molar-refractivity contribution is 0.0693. The molecule has 0 aliphatic carbocycles. The van der Waals surface area contributed by atoms with Crippen molar-refractivity contribution >= 4 is 29.3 Å². The Morgan fingerprint density at radius 3 is 2.83 bits per heavy atom. The van der Waals surface area contributed by atoms with E-state index in [-0.39, 0.29) is 15.6 Å². The van der Waals surface area contributed by atoms with Gasteiger partial charge in [0.2, 0.25) is 0 Å². The number of aromatic carboxylic acids is 1. The van der Waals surface area contributed by atoms with Crippen LogP contribution >= 0.6 is 23.4 Å². The van der Waals surface area contributed by atoms with E-state index in [2.05, 4.69) is 9.97 Å². The number of H-pyrrole nitrogens is 1. The molecular weight excluding hydrogens is 276 g/mol. The molecule has 0 fully saturated rings. The summed E-state index contributed by atoms with van der Waals surface area (Å²) in [6.07, 6.45) is 1.22. The molecule has 0 saturated heterocycles. The third-order valence-corrected chi connectivity index (χ3v) is 3.63. The molecule has 5 nitrogen and oxygen atoms in total. The van der Waals surface area contributed by atoms with Crippen LogP contribution in [-0.4, -0.2) is 21.0 Å². The summed E-state index contributed by atoms with van der Waals surface area (Å²) in [5, 5.41) is 9.25. The number of aromatic nitrogens is 2. The number of rotatable bonds is 3. The van der Waals surface area contributed by atoms with Crippen molar-refractivity contribution in [3.05, 3.63) is 51.5 Å². The van der Waals surface area contributed by atoms with Gasteiger partial charge in [0, 0.05) is 4.90 Å². The first-order chi connectivity index (χ1) is 8.59. The first-order valence-corrected chi connectivity index (χ1v) is 6.02. The van der Waals surface area contributed by atoms with Crippen molar-refractivity contribution in [2.75, 3.05) is 0 Å². The van der Waals surface area contributed by atoms with Crippen LogP contribution in [0.2, 0.25) is 5.02 Å². The molecule has 2 N–H and O–H groups in total. The van der Waals surface area contributed by atoms with Gasteiger partial charge in [-0.25, -0.2) is 9.78 Å². The first-order valence-electron chi connectivity index (χ1n) is 4.83. The minimum absolute atomic E-state index is 0.0531. The Balaban J connectivity index is 2.43. The van der Waals surface area contributed by atoms with Gasteiger partial charge in [0.05, 0.1) is 11.9 Å². The molecule has 1 aromatic heterocycles. The van der Waals surface area contributed by atoms with Crippen LogP contribution in [0.1, 0.15) is 10.4 Å². The van der Waals surface area contributed by atoms with E-state index in [9.17, 15) is 9.59 Å². The molecule has 0 amide bonds.